The number of hydrogen-bond donors (Lipinski definition) is 0. The highest BCUT2D eigenvalue weighted by molar-refractivity contribution is 7.09. The number of hydrogen-bond acceptors (Lipinski definition) is 6. The third-order valence-corrected chi connectivity index (χ3v) is 5.25. The van der Waals surface area contributed by atoms with Crippen molar-refractivity contribution in [3.05, 3.63) is 58.7 Å². The molecule has 0 bridgehead atoms. The standard InChI is InChI=1S/C19H21N5S/c1-15-7-8-20-19(21-15)24-11-9-23(10-12-24)13-18-22-17(14-25-18)16-5-3-2-4-6-16/h2-8,14H,9-13H2,1H3. The monoisotopic (exact) mass is 351 g/mol. The van der Waals surface area contributed by atoms with E-state index in [0.29, 0.717) is 0 Å². The first-order chi connectivity index (χ1) is 12.3. The van der Waals surface area contributed by atoms with Gasteiger partial charge in [-0.3, -0.25) is 4.90 Å². The van der Waals surface area contributed by atoms with Crippen LogP contribution in [0.1, 0.15) is 10.7 Å². The highest BCUT2D eigenvalue weighted by Gasteiger charge is 2.20. The molecule has 0 atom stereocenters. The minimum absolute atomic E-state index is 0.847. The van der Waals surface area contributed by atoms with Crippen molar-refractivity contribution >= 4 is 17.3 Å². The van der Waals surface area contributed by atoms with E-state index in [4.69, 9.17) is 4.98 Å². The fraction of sp³-hybridized carbons (Fsp3) is 0.316. The number of aromatic nitrogens is 3. The van der Waals surface area contributed by atoms with Gasteiger partial charge in [-0.1, -0.05) is 30.3 Å². The second-order valence-corrected chi connectivity index (χ2v) is 7.20. The molecule has 1 fully saturated rings. The molecule has 1 aliphatic rings. The lowest BCUT2D eigenvalue weighted by Gasteiger charge is -2.34. The number of benzene rings is 1. The molecule has 0 amide bonds. The Labute approximate surface area is 152 Å². The van der Waals surface area contributed by atoms with E-state index in [0.717, 1.165) is 50.1 Å². The van der Waals surface area contributed by atoms with Gasteiger partial charge in [0, 0.05) is 49.0 Å². The second kappa shape index (κ2) is 7.29. The molecule has 3 aromatic rings. The lowest BCUT2D eigenvalue weighted by molar-refractivity contribution is 0.248. The van der Waals surface area contributed by atoms with Crippen molar-refractivity contribution in [2.24, 2.45) is 0 Å². The Morgan fingerprint density at radius 3 is 2.56 bits per heavy atom. The third kappa shape index (κ3) is 3.86. The molecular weight excluding hydrogens is 330 g/mol. The summed E-state index contributed by atoms with van der Waals surface area (Å²) in [6, 6.07) is 12.3. The van der Waals surface area contributed by atoms with Crippen LogP contribution in [0.15, 0.2) is 48.0 Å². The van der Waals surface area contributed by atoms with Gasteiger partial charge in [0.25, 0.3) is 0 Å². The van der Waals surface area contributed by atoms with Gasteiger partial charge < -0.3 is 4.90 Å². The predicted octanol–water partition coefficient (Wildman–Crippen LogP) is 3.23. The Balaban J connectivity index is 1.35. The van der Waals surface area contributed by atoms with Crippen LogP contribution < -0.4 is 4.90 Å². The van der Waals surface area contributed by atoms with Crippen molar-refractivity contribution in [3.8, 4) is 11.3 Å². The highest BCUT2D eigenvalue weighted by Crippen LogP contribution is 2.23. The van der Waals surface area contributed by atoms with E-state index in [1.165, 1.54) is 10.6 Å². The van der Waals surface area contributed by atoms with Crippen LogP contribution in [0.3, 0.4) is 0 Å². The van der Waals surface area contributed by atoms with Gasteiger partial charge in [-0.25, -0.2) is 15.0 Å². The van der Waals surface area contributed by atoms with Crippen molar-refractivity contribution in [2.75, 3.05) is 31.1 Å². The Morgan fingerprint density at radius 1 is 1.00 bits per heavy atom. The van der Waals surface area contributed by atoms with Gasteiger partial charge in [-0.2, -0.15) is 0 Å². The quantitative estimate of drug-likeness (QED) is 0.722. The second-order valence-electron chi connectivity index (χ2n) is 6.25. The molecular formula is C19H21N5S. The molecule has 0 radical (unpaired) electrons. The van der Waals surface area contributed by atoms with E-state index in [2.05, 4.69) is 49.4 Å². The van der Waals surface area contributed by atoms with Gasteiger partial charge in [0.15, 0.2) is 0 Å². The van der Waals surface area contributed by atoms with Crippen LogP contribution in [0.2, 0.25) is 0 Å². The highest BCUT2D eigenvalue weighted by atomic mass is 32.1. The van der Waals surface area contributed by atoms with Crippen LogP contribution in [0.4, 0.5) is 5.95 Å². The lowest BCUT2D eigenvalue weighted by Crippen LogP contribution is -2.46. The van der Waals surface area contributed by atoms with E-state index in [9.17, 15) is 0 Å². The van der Waals surface area contributed by atoms with E-state index >= 15 is 0 Å². The molecule has 1 aromatic carbocycles. The first-order valence-corrected chi connectivity index (χ1v) is 9.43. The molecule has 3 heterocycles. The summed E-state index contributed by atoms with van der Waals surface area (Å²) in [6.45, 7) is 6.87. The van der Waals surface area contributed by atoms with Gasteiger partial charge in [-0.15, -0.1) is 11.3 Å². The minimum atomic E-state index is 0.847. The third-order valence-electron chi connectivity index (χ3n) is 4.42. The van der Waals surface area contributed by atoms with Crippen molar-refractivity contribution in [1.82, 2.24) is 19.9 Å². The maximum Gasteiger partial charge on any atom is 0.225 e. The van der Waals surface area contributed by atoms with Gasteiger partial charge in [-0.05, 0) is 13.0 Å². The maximum atomic E-state index is 4.80. The molecule has 5 nitrogen and oxygen atoms in total. The fourth-order valence-electron chi connectivity index (χ4n) is 3.01. The molecule has 6 heteroatoms. The zero-order valence-corrected chi connectivity index (χ0v) is 15.1. The molecule has 25 heavy (non-hydrogen) atoms. The number of anilines is 1. The number of nitrogens with zero attached hydrogens (tertiary/aromatic N) is 5. The molecule has 128 valence electrons. The number of thiazole rings is 1. The van der Waals surface area contributed by atoms with Crippen LogP contribution in [0.25, 0.3) is 11.3 Å². The molecule has 0 spiro atoms. The van der Waals surface area contributed by atoms with Crippen LogP contribution in [0, 0.1) is 6.92 Å². The topological polar surface area (TPSA) is 45.2 Å². The minimum Gasteiger partial charge on any atom is -0.338 e. The van der Waals surface area contributed by atoms with Crippen molar-refractivity contribution < 1.29 is 0 Å². The normalized spacial score (nSPS) is 15.5. The molecule has 0 N–H and O–H groups in total. The number of aryl methyl sites for hydroxylation is 1. The summed E-state index contributed by atoms with van der Waals surface area (Å²) in [6.07, 6.45) is 1.84. The van der Waals surface area contributed by atoms with Gasteiger partial charge in [0.1, 0.15) is 5.01 Å². The Kier molecular flexibility index (Phi) is 4.72. The first kappa shape index (κ1) is 16.2. The lowest BCUT2D eigenvalue weighted by atomic mass is 10.2. The fourth-order valence-corrected chi connectivity index (χ4v) is 3.85. The molecule has 0 saturated carbocycles. The van der Waals surface area contributed by atoms with E-state index < -0.39 is 0 Å². The molecule has 0 aliphatic carbocycles. The van der Waals surface area contributed by atoms with E-state index in [1.807, 2.05) is 25.3 Å². The van der Waals surface area contributed by atoms with E-state index in [-0.39, 0.29) is 0 Å². The smallest absolute Gasteiger partial charge is 0.225 e. The Hall–Kier alpha value is -2.31. The van der Waals surface area contributed by atoms with Gasteiger partial charge >= 0.3 is 0 Å². The zero-order chi connectivity index (χ0) is 17.1. The number of piperazine rings is 1. The SMILES string of the molecule is Cc1ccnc(N2CCN(Cc3nc(-c4ccccc4)cs3)CC2)n1. The first-order valence-electron chi connectivity index (χ1n) is 8.55. The summed E-state index contributed by atoms with van der Waals surface area (Å²) in [5.74, 6) is 0.847. The van der Waals surface area contributed by atoms with Crippen molar-refractivity contribution in [3.63, 3.8) is 0 Å². The maximum absolute atomic E-state index is 4.80. The molecule has 0 unspecified atom stereocenters. The Morgan fingerprint density at radius 2 is 1.80 bits per heavy atom. The molecule has 2 aromatic heterocycles. The Bertz CT molecular complexity index is 825. The molecule has 1 aliphatic heterocycles. The summed E-state index contributed by atoms with van der Waals surface area (Å²) in [5.41, 5.74) is 3.28. The molecule has 4 rings (SSSR count). The summed E-state index contributed by atoms with van der Waals surface area (Å²) in [7, 11) is 0. The average molecular weight is 351 g/mol. The number of rotatable bonds is 4. The van der Waals surface area contributed by atoms with Crippen LogP contribution in [0.5, 0.6) is 0 Å². The average Bonchev–Trinajstić information content (AvgIpc) is 3.12. The van der Waals surface area contributed by atoms with Crippen molar-refractivity contribution in [1.29, 1.82) is 0 Å². The van der Waals surface area contributed by atoms with Gasteiger partial charge in [0.05, 0.1) is 12.2 Å². The summed E-state index contributed by atoms with van der Waals surface area (Å²) >= 11 is 1.75. The van der Waals surface area contributed by atoms with Gasteiger partial charge in [0.2, 0.25) is 5.95 Å². The van der Waals surface area contributed by atoms with E-state index in [1.54, 1.807) is 11.3 Å². The van der Waals surface area contributed by atoms with Crippen LogP contribution in [-0.4, -0.2) is 46.0 Å². The zero-order valence-electron chi connectivity index (χ0n) is 14.3. The summed E-state index contributed by atoms with van der Waals surface area (Å²) in [4.78, 5) is 18.4. The summed E-state index contributed by atoms with van der Waals surface area (Å²) < 4.78 is 0. The molecule has 1 saturated heterocycles. The van der Waals surface area contributed by atoms with Crippen molar-refractivity contribution in [2.45, 2.75) is 13.5 Å². The summed E-state index contributed by atoms with van der Waals surface area (Å²) in [5, 5.41) is 3.33. The largest absolute Gasteiger partial charge is 0.338 e. The van der Waals surface area contributed by atoms with Crippen LogP contribution in [-0.2, 0) is 6.54 Å². The predicted molar refractivity (Wildman–Crippen MR) is 102 cm³/mol. The van der Waals surface area contributed by atoms with Crippen LogP contribution >= 0.6 is 11.3 Å².